The topological polar surface area (TPSA) is 46.1 Å². The first-order valence-corrected chi connectivity index (χ1v) is 9.24. The molecule has 0 N–H and O–H groups in total. The third kappa shape index (κ3) is 3.59. The SMILES string of the molecule is Cc1ccc(C[C@@H]2CCCN(C(=O)c3ccc4ncccc4c3)C2)cn1. The van der Waals surface area contributed by atoms with E-state index < -0.39 is 0 Å². The molecule has 0 unspecified atom stereocenters. The second-order valence-corrected chi connectivity index (χ2v) is 7.18. The molecule has 3 heterocycles. The number of fused-ring (bicyclic) bond motifs is 1. The van der Waals surface area contributed by atoms with Crippen LogP contribution in [-0.4, -0.2) is 33.9 Å². The maximum absolute atomic E-state index is 13.0. The Hall–Kier alpha value is -2.75. The molecule has 2 aromatic heterocycles. The monoisotopic (exact) mass is 345 g/mol. The smallest absolute Gasteiger partial charge is 0.253 e. The van der Waals surface area contributed by atoms with Gasteiger partial charge in [0.05, 0.1) is 5.52 Å². The predicted octanol–water partition coefficient (Wildman–Crippen LogP) is 4.03. The molecule has 4 heteroatoms. The Bertz CT molecular complexity index is 920. The zero-order chi connectivity index (χ0) is 17.9. The van der Waals surface area contributed by atoms with Crippen LogP contribution in [-0.2, 0) is 6.42 Å². The highest BCUT2D eigenvalue weighted by atomic mass is 16.2. The van der Waals surface area contributed by atoms with Gasteiger partial charge < -0.3 is 4.90 Å². The van der Waals surface area contributed by atoms with Crippen molar-refractivity contribution in [2.45, 2.75) is 26.2 Å². The summed E-state index contributed by atoms with van der Waals surface area (Å²) in [7, 11) is 0. The summed E-state index contributed by atoms with van der Waals surface area (Å²) in [5.74, 6) is 0.627. The minimum absolute atomic E-state index is 0.127. The fraction of sp³-hybridized carbons (Fsp3) is 0.318. The van der Waals surface area contributed by atoms with E-state index in [0.29, 0.717) is 5.92 Å². The van der Waals surface area contributed by atoms with Crippen LogP contribution in [0.3, 0.4) is 0 Å². The molecule has 1 amide bonds. The maximum Gasteiger partial charge on any atom is 0.253 e. The van der Waals surface area contributed by atoms with Gasteiger partial charge in [-0.05, 0) is 68.0 Å². The fourth-order valence-corrected chi connectivity index (χ4v) is 3.76. The van der Waals surface area contributed by atoms with Crippen molar-refractivity contribution in [3.63, 3.8) is 0 Å². The minimum atomic E-state index is 0.127. The molecular formula is C22H23N3O. The van der Waals surface area contributed by atoms with Crippen molar-refractivity contribution >= 4 is 16.8 Å². The summed E-state index contributed by atoms with van der Waals surface area (Å²) in [5, 5.41) is 1.01. The van der Waals surface area contributed by atoms with Crippen LogP contribution < -0.4 is 0 Å². The van der Waals surface area contributed by atoms with Gasteiger partial charge in [0, 0.05) is 42.1 Å². The summed E-state index contributed by atoms with van der Waals surface area (Å²) in [4.78, 5) is 23.7. The number of piperidine rings is 1. The molecule has 4 rings (SSSR count). The number of hydrogen-bond acceptors (Lipinski definition) is 3. The molecular weight excluding hydrogens is 322 g/mol. The average molecular weight is 345 g/mol. The number of benzene rings is 1. The van der Waals surface area contributed by atoms with Gasteiger partial charge in [-0.3, -0.25) is 14.8 Å². The van der Waals surface area contributed by atoms with Crippen molar-refractivity contribution in [1.29, 1.82) is 0 Å². The van der Waals surface area contributed by atoms with Gasteiger partial charge in [-0.25, -0.2) is 0 Å². The number of likely N-dealkylation sites (tertiary alicyclic amines) is 1. The Labute approximate surface area is 153 Å². The predicted molar refractivity (Wildman–Crippen MR) is 103 cm³/mol. The Morgan fingerprint density at radius 1 is 1.19 bits per heavy atom. The van der Waals surface area contributed by atoms with Crippen molar-refractivity contribution < 1.29 is 4.79 Å². The zero-order valence-corrected chi connectivity index (χ0v) is 15.1. The molecule has 4 nitrogen and oxygen atoms in total. The Morgan fingerprint density at radius 2 is 2.12 bits per heavy atom. The second-order valence-electron chi connectivity index (χ2n) is 7.18. The number of rotatable bonds is 3. The summed E-state index contributed by atoms with van der Waals surface area (Å²) < 4.78 is 0. The van der Waals surface area contributed by atoms with Crippen molar-refractivity contribution in [2.24, 2.45) is 5.92 Å². The van der Waals surface area contributed by atoms with Crippen LogP contribution in [0.25, 0.3) is 10.9 Å². The first-order chi connectivity index (χ1) is 12.7. The molecule has 0 spiro atoms. The summed E-state index contributed by atoms with van der Waals surface area (Å²) in [6, 6.07) is 13.9. The van der Waals surface area contributed by atoms with Crippen LogP contribution >= 0.6 is 0 Å². The van der Waals surface area contributed by atoms with E-state index >= 15 is 0 Å². The van der Waals surface area contributed by atoms with Crippen LogP contribution in [0.5, 0.6) is 0 Å². The number of carbonyl (C=O) groups excluding carboxylic acids is 1. The maximum atomic E-state index is 13.0. The lowest BCUT2D eigenvalue weighted by Gasteiger charge is -2.33. The van der Waals surface area contributed by atoms with E-state index in [2.05, 4.69) is 22.1 Å². The van der Waals surface area contributed by atoms with Crippen molar-refractivity contribution in [3.8, 4) is 0 Å². The molecule has 26 heavy (non-hydrogen) atoms. The fourth-order valence-electron chi connectivity index (χ4n) is 3.76. The van der Waals surface area contributed by atoms with Gasteiger partial charge in [0.2, 0.25) is 0 Å². The van der Waals surface area contributed by atoms with Crippen LogP contribution in [0.15, 0.2) is 54.9 Å². The average Bonchev–Trinajstić information content (AvgIpc) is 2.69. The quantitative estimate of drug-likeness (QED) is 0.720. The molecule has 0 radical (unpaired) electrons. The van der Waals surface area contributed by atoms with Gasteiger partial charge >= 0.3 is 0 Å². The molecule has 1 fully saturated rings. The van der Waals surface area contributed by atoms with Crippen molar-refractivity contribution in [3.05, 3.63) is 71.7 Å². The van der Waals surface area contributed by atoms with Crippen molar-refractivity contribution in [1.82, 2.24) is 14.9 Å². The van der Waals surface area contributed by atoms with E-state index in [1.165, 1.54) is 12.0 Å². The van der Waals surface area contributed by atoms with Gasteiger partial charge in [-0.2, -0.15) is 0 Å². The summed E-state index contributed by atoms with van der Waals surface area (Å²) in [5.41, 5.74) is 3.97. The van der Waals surface area contributed by atoms with Gasteiger partial charge in [-0.1, -0.05) is 12.1 Å². The van der Waals surface area contributed by atoms with E-state index in [4.69, 9.17) is 0 Å². The normalized spacial score (nSPS) is 17.4. The highest BCUT2D eigenvalue weighted by Gasteiger charge is 2.24. The number of amides is 1. The lowest BCUT2D eigenvalue weighted by atomic mass is 9.91. The molecule has 1 atom stereocenters. The molecule has 1 saturated heterocycles. The number of aryl methyl sites for hydroxylation is 1. The Kier molecular flexibility index (Phi) is 4.65. The third-order valence-corrected chi connectivity index (χ3v) is 5.15. The van der Waals surface area contributed by atoms with E-state index in [9.17, 15) is 4.79 Å². The van der Waals surface area contributed by atoms with E-state index in [1.807, 2.05) is 48.4 Å². The molecule has 0 aliphatic carbocycles. The van der Waals surface area contributed by atoms with Crippen LogP contribution in [0, 0.1) is 12.8 Å². The molecule has 1 aliphatic rings. The molecule has 0 bridgehead atoms. The lowest BCUT2D eigenvalue weighted by molar-refractivity contribution is 0.0673. The molecule has 1 aliphatic heterocycles. The van der Waals surface area contributed by atoms with Crippen LogP contribution in [0.4, 0.5) is 0 Å². The Morgan fingerprint density at radius 3 is 2.96 bits per heavy atom. The van der Waals surface area contributed by atoms with E-state index in [-0.39, 0.29) is 5.91 Å². The van der Waals surface area contributed by atoms with Gasteiger partial charge in [-0.15, -0.1) is 0 Å². The largest absolute Gasteiger partial charge is 0.338 e. The first kappa shape index (κ1) is 16.7. The van der Waals surface area contributed by atoms with Crippen molar-refractivity contribution in [2.75, 3.05) is 13.1 Å². The summed E-state index contributed by atoms with van der Waals surface area (Å²) >= 11 is 0. The van der Waals surface area contributed by atoms with E-state index in [1.54, 1.807) is 6.20 Å². The molecule has 132 valence electrons. The standard InChI is InChI=1S/C22H23N3O/c1-16-6-7-17(14-24-16)12-18-4-3-11-25(15-18)22(26)20-8-9-21-19(13-20)5-2-10-23-21/h2,5-10,13-14,18H,3-4,11-12,15H2,1H3/t18-/m0/s1. The minimum Gasteiger partial charge on any atom is -0.338 e. The van der Waals surface area contributed by atoms with Crippen LogP contribution in [0.2, 0.25) is 0 Å². The number of hydrogen-bond donors (Lipinski definition) is 0. The molecule has 0 saturated carbocycles. The third-order valence-electron chi connectivity index (χ3n) is 5.15. The number of aromatic nitrogens is 2. The van der Waals surface area contributed by atoms with Gasteiger partial charge in [0.1, 0.15) is 0 Å². The molecule has 1 aromatic carbocycles. The van der Waals surface area contributed by atoms with E-state index in [0.717, 1.165) is 48.1 Å². The lowest BCUT2D eigenvalue weighted by Crippen LogP contribution is -2.40. The number of nitrogens with zero attached hydrogens (tertiary/aromatic N) is 3. The second kappa shape index (κ2) is 7.24. The van der Waals surface area contributed by atoms with Crippen LogP contribution in [0.1, 0.15) is 34.5 Å². The number of carbonyl (C=O) groups is 1. The highest BCUT2D eigenvalue weighted by Crippen LogP contribution is 2.23. The highest BCUT2D eigenvalue weighted by molar-refractivity contribution is 5.98. The van der Waals surface area contributed by atoms with Gasteiger partial charge in [0.15, 0.2) is 0 Å². The van der Waals surface area contributed by atoms with Gasteiger partial charge in [0.25, 0.3) is 5.91 Å². The first-order valence-electron chi connectivity index (χ1n) is 9.24. The molecule has 3 aromatic rings. The zero-order valence-electron chi connectivity index (χ0n) is 15.1. The summed E-state index contributed by atoms with van der Waals surface area (Å²) in [6.45, 7) is 3.66. The number of pyridine rings is 2. The summed E-state index contributed by atoms with van der Waals surface area (Å²) in [6.07, 6.45) is 6.95. The Balaban J connectivity index is 1.47.